The topological polar surface area (TPSA) is 75.6 Å². The van der Waals surface area contributed by atoms with Crippen LogP contribution in [-0.2, 0) is 4.74 Å². The third-order valence-electron chi connectivity index (χ3n) is 2.15. The molecule has 0 atom stereocenters. The molecule has 1 aromatic rings. The Hall–Kier alpha value is -2.55. The second kappa shape index (κ2) is 6.75. The highest BCUT2D eigenvalue weighted by molar-refractivity contribution is 5.88. The fourth-order valence-corrected chi connectivity index (χ4v) is 1.34. The summed E-state index contributed by atoms with van der Waals surface area (Å²) in [5, 5.41) is 11.2. The van der Waals surface area contributed by atoms with Crippen molar-refractivity contribution in [1.82, 2.24) is 5.32 Å². The Labute approximate surface area is 122 Å². The number of carboxylic acid groups (broad SMARTS) is 1. The number of ether oxygens (including phenoxy) is 1. The number of carboxylic acids is 1. The summed E-state index contributed by atoms with van der Waals surface area (Å²) in [6, 6.07) is 3.54. The SMILES string of the molecule is CC(C)(C)OC(=O)NCC#Cc1ccc(F)c(C(=O)O)c1. The van der Waals surface area contributed by atoms with Crippen LogP contribution in [0.2, 0.25) is 0 Å². The summed E-state index contributed by atoms with van der Waals surface area (Å²) in [7, 11) is 0. The lowest BCUT2D eigenvalue weighted by atomic mass is 10.1. The smallest absolute Gasteiger partial charge is 0.408 e. The quantitative estimate of drug-likeness (QED) is 0.821. The van der Waals surface area contributed by atoms with Gasteiger partial charge in [0.15, 0.2) is 0 Å². The Morgan fingerprint density at radius 1 is 1.38 bits per heavy atom. The first-order chi connectivity index (χ1) is 9.69. The molecule has 0 aliphatic rings. The van der Waals surface area contributed by atoms with Crippen molar-refractivity contribution in [1.29, 1.82) is 0 Å². The summed E-state index contributed by atoms with van der Waals surface area (Å²) >= 11 is 0. The zero-order valence-electron chi connectivity index (χ0n) is 12.0. The fourth-order valence-electron chi connectivity index (χ4n) is 1.34. The normalized spacial score (nSPS) is 10.3. The average molecular weight is 293 g/mol. The number of halogens is 1. The Kier molecular flexibility index (Phi) is 5.30. The molecule has 0 radical (unpaired) electrons. The van der Waals surface area contributed by atoms with E-state index in [1.165, 1.54) is 6.07 Å². The van der Waals surface area contributed by atoms with E-state index in [1.807, 2.05) is 0 Å². The van der Waals surface area contributed by atoms with E-state index in [0.717, 1.165) is 12.1 Å². The first-order valence-electron chi connectivity index (χ1n) is 6.17. The minimum absolute atomic E-state index is 0.0364. The minimum Gasteiger partial charge on any atom is -0.478 e. The van der Waals surface area contributed by atoms with Gasteiger partial charge in [-0.3, -0.25) is 0 Å². The van der Waals surface area contributed by atoms with Crippen molar-refractivity contribution in [3.8, 4) is 11.8 Å². The van der Waals surface area contributed by atoms with Crippen molar-refractivity contribution >= 4 is 12.1 Å². The largest absolute Gasteiger partial charge is 0.478 e. The van der Waals surface area contributed by atoms with Crippen LogP contribution in [0.5, 0.6) is 0 Å². The van der Waals surface area contributed by atoms with Gasteiger partial charge in [-0.2, -0.15) is 0 Å². The zero-order valence-corrected chi connectivity index (χ0v) is 12.0. The van der Waals surface area contributed by atoms with Gasteiger partial charge in [0.1, 0.15) is 11.4 Å². The van der Waals surface area contributed by atoms with Crippen molar-refractivity contribution in [3.63, 3.8) is 0 Å². The molecule has 1 rings (SSSR count). The van der Waals surface area contributed by atoms with Crippen LogP contribution in [0.1, 0.15) is 36.7 Å². The Balaban J connectivity index is 2.62. The van der Waals surface area contributed by atoms with Gasteiger partial charge >= 0.3 is 12.1 Å². The third-order valence-corrected chi connectivity index (χ3v) is 2.15. The van der Waals surface area contributed by atoms with E-state index in [2.05, 4.69) is 17.2 Å². The highest BCUT2D eigenvalue weighted by atomic mass is 19.1. The zero-order chi connectivity index (χ0) is 16.0. The van der Waals surface area contributed by atoms with Gasteiger partial charge in [0.05, 0.1) is 12.1 Å². The monoisotopic (exact) mass is 293 g/mol. The number of hydrogen-bond acceptors (Lipinski definition) is 3. The van der Waals surface area contributed by atoms with Gasteiger partial charge in [-0.25, -0.2) is 14.0 Å². The number of amides is 1. The van der Waals surface area contributed by atoms with Crippen LogP contribution in [-0.4, -0.2) is 29.3 Å². The molecule has 1 amide bonds. The number of benzene rings is 1. The number of rotatable bonds is 2. The summed E-state index contributed by atoms with van der Waals surface area (Å²) in [6.07, 6.45) is -0.595. The molecule has 0 aliphatic heterocycles. The molecule has 6 heteroatoms. The second-order valence-electron chi connectivity index (χ2n) is 5.16. The summed E-state index contributed by atoms with van der Waals surface area (Å²) in [5.74, 6) is 3.08. The van der Waals surface area contributed by atoms with Crippen LogP contribution < -0.4 is 5.32 Å². The predicted octanol–water partition coefficient (Wildman–Crippen LogP) is 2.40. The second-order valence-corrected chi connectivity index (χ2v) is 5.16. The molecule has 0 spiro atoms. The van der Waals surface area contributed by atoms with Crippen LogP contribution in [0.4, 0.5) is 9.18 Å². The molecule has 0 saturated carbocycles. The van der Waals surface area contributed by atoms with Gasteiger partial charge in [-0.1, -0.05) is 11.8 Å². The molecule has 0 aromatic heterocycles. The molecule has 0 unspecified atom stereocenters. The lowest BCUT2D eigenvalue weighted by Gasteiger charge is -2.18. The predicted molar refractivity (Wildman–Crippen MR) is 74.5 cm³/mol. The summed E-state index contributed by atoms with van der Waals surface area (Å²) in [5.41, 5.74) is -0.688. The van der Waals surface area contributed by atoms with Gasteiger partial charge in [-0.05, 0) is 39.0 Å². The van der Waals surface area contributed by atoms with Crippen molar-refractivity contribution in [2.45, 2.75) is 26.4 Å². The standard InChI is InChI=1S/C15H16FNO4/c1-15(2,3)21-14(20)17-8-4-5-10-6-7-12(16)11(9-10)13(18)19/h6-7,9H,8H2,1-3H3,(H,17,20)(H,18,19). The summed E-state index contributed by atoms with van der Waals surface area (Å²) in [6.45, 7) is 5.26. The van der Waals surface area contributed by atoms with Crippen molar-refractivity contribution in [2.75, 3.05) is 6.54 Å². The molecule has 112 valence electrons. The first-order valence-corrected chi connectivity index (χ1v) is 6.17. The highest BCUT2D eigenvalue weighted by Crippen LogP contribution is 2.09. The van der Waals surface area contributed by atoms with Crippen LogP contribution in [0.25, 0.3) is 0 Å². The molecular formula is C15H16FNO4. The number of nitrogens with one attached hydrogen (secondary N) is 1. The van der Waals surface area contributed by atoms with E-state index in [4.69, 9.17) is 9.84 Å². The molecule has 0 heterocycles. The van der Waals surface area contributed by atoms with E-state index in [-0.39, 0.29) is 6.54 Å². The molecule has 2 N–H and O–H groups in total. The number of alkyl carbamates (subject to hydrolysis) is 1. The third kappa shape index (κ3) is 5.95. The molecule has 1 aromatic carbocycles. The van der Waals surface area contributed by atoms with E-state index in [9.17, 15) is 14.0 Å². The van der Waals surface area contributed by atoms with Crippen LogP contribution >= 0.6 is 0 Å². The van der Waals surface area contributed by atoms with Crippen LogP contribution in [0.15, 0.2) is 18.2 Å². The number of hydrogen-bond donors (Lipinski definition) is 2. The van der Waals surface area contributed by atoms with Gasteiger partial charge in [0, 0.05) is 5.56 Å². The number of carbonyl (C=O) groups is 2. The lowest BCUT2D eigenvalue weighted by molar-refractivity contribution is 0.0534. The van der Waals surface area contributed by atoms with Crippen molar-refractivity contribution in [3.05, 3.63) is 35.1 Å². The maximum Gasteiger partial charge on any atom is 0.408 e. The van der Waals surface area contributed by atoms with E-state index < -0.39 is 29.0 Å². The fraction of sp³-hybridized carbons (Fsp3) is 0.333. The summed E-state index contributed by atoms with van der Waals surface area (Å²) in [4.78, 5) is 22.1. The first kappa shape index (κ1) is 16.5. The molecular weight excluding hydrogens is 277 g/mol. The van der Waals surface area contributed by atoms with Crippen LogP contribution in [0, 0.1) is 17.7 Å². The average Bonchev–Trinajstić information content (AvgIpc) is 2.34. The van der Waals surface area contributed by atoms with Gasteiger partial charge in [-0.15, -0.1) is 0 Å². The van der Waals surface area contributed by atoms with E-state index in [1.54, 1.807) is 20.8 Å². The number of carbonyl (C=O) groups excluding carboxylic acids is 1. The molecule has 21 heavy (non-hydrogen) atoms. The molecule has 0 aliphatic carbocycles. The summed E-state index contributed by atoms with van der Waals surface area (Å²) < 4.78 is 18.2. The van der Waals surface area contributed by atoms with E-state index >= 15 is 0 Å². The van der Waals surface area contributed by atoms with Crippen molar-refractivity contribution < 1.29 is 23.8 Å². The molecule has 0 saturated heterocycles. The van der Waals surface area contributed by atoms with Crippen LogP contribution in [0.3, 0.4) is 0 Å². The molecule has 0 bridgehead atoms. The number of aromatic carboxylic acids is 1. The maximum absolute atomic E-state index is 13.2. The minimum atomic E-state index is -1.36. The Bertz CT molecular complexity index is 608. The molecule has 0 fully saturated rings. The molecule has 5 nitrogen and oxygen atoms in total. The lowest BCUT2D eigenvalue weighted by Crippen LogP contribution is -2.32. The Morgan fingerprint density at radius 2 is 2.05 bits per heavy atom. The van der Waals surface area contributed by atoms with E-state index in [0.29, 0.717) is 5.56 Å². The van der Waals surface area contributed by atoms with Gasteiger partial charge in [0.2, 0.25) is 0 Å². The highest BCUT2D eigenvalue weighted by Gasteiger charge is 2.15. The van der Waals surface area contributed by atoms with Crippen molar-refractivity contribution in [2.24, 2.45) is 0 Å². The van der Waals surface area contributed by atoms with Gasteiger partial charge in [0.25, 0.3) is 0 Å². The van der Waals surface area contributed by atoms with Gasteiger partial charge < -0.3 is 15.2 Å². The maximum atomic E-state index is 13.2. The Morgan fingerprint density at radius 3 is 2.62 bits per heavy atom.